The molecule has 3 aromatic rings. The molecule has 1 fully saturated rings. The Morgan fingerprint density at radius 3 is 2.56 bits per heavy atom. The lowest BCUT2D eigenvalue weighted by Gasteiger charge is -2.36. The van der Waals surface area contributed by atoms with E-state index in [4.69, 9.17) is 4.74 Å². The molecular weight excluding hydrogens is 509 g/mol. The number of aromatic amines is 1. The summed E-state index contributed by atoms with van der Waals surface area (Å²) in [4.78, 5) is 30.9. The number of alkyl halides is 3. The maximum absolute atomic E-state index is 13.5. The molecule has 39 heavy (non-hydrogen) atoms. The smallest absolute Gasteiger partial charge is 0.389 e. The van der Waals surface area contributed by atoms with E-state index < -0.39 is 12.6 Å². The van der Waals surface area contributed by atoms with Gasteiger partial charge in [-0.3, -0.25) is 9.59 Å². The van der Waals surface area contributed by atoms with Crippen LogP contribution >= 0.6 is 0 Å². The second kappa shape index (κ2) is 11.9. The summed E-state index contributed by atoms with van der Waals surface area (Å²) in [5.74, 6) is 0.495. The molecule has 7 nitrogen and oxygen atoms in total. The van der Waals surface area contributed by atoms with E-state index >= 15 is 0 Å². The van der Waals surface area contributed by atoms with Crippen molar-refractivity contribution >= 4 is 16.8 Å². The number of rotatable bonds is 9. The van der Waals surface area contributed by atoms with E-state index in [-0.39, 0.29) is 30.5 Å². The Balaban J connectivity index is 1.50. The van der Waals surface area contributed by atoms with Crippen LogP contribution in [0.15, 0.2) is 35.1 Å². The zero-order chi connectivity index (χ0) is 28.3. The minimum absolute atomic E-state index is 0.0267. The number of nitrogens with one attached hydrogen (secondary N) is 2. The monoisotopic (exact) mass is 546 g/mol. The van der Waals surface area contributed by atoms with E-state index in [0.29, 0.717) is 35.0 Å². The first-order valence-electron chi connectivity index (χ1n) is 13.4. The summed E-state index contributed by atoms with van der Waals surface area (Å²) < 4.78 is 45.1. The number of carbonyl (C=O) groups is 1. The number of para-hydroxylation sites is 1. The van der Waals surface area contributed by atoms with E-state index in [1.54, 1.807) is 13.0 Å². The second-order valence-electron chi connectivity index (χ2n) is 10.5. The highest BCUT2D eigenvalue weighted by Gasteiger charge is 2.30. The Kier molecular flexibility index (Phi) is 8.73. The Labute approximate surface area is 226 Å². The third kappa shape index (κ3) is 6.49. The molecule has 2 aromatic heterocycles. The van der Waals surface area contributed by atoms with Crippen LogP contribution in [-0.4, -0.2) is 53.3 Å². The van der Waals surface area contributed by atoms with E-state index in [2.05, 4.69) is 26.7 Å². The summed E-state index contributed by atoms with van der Waals surface area (Å²) in [7, 11) is 1.49. The number of carbonyl (C=O) groups excluding carboxylic acids is 1. The number of pyridine rings is 1. The molecule has 1 aliphatic heterocycles. The number of nitrogens with zero attached hydrogens (tertiary/aromatic N) is 2. The first-order chi connectivity index (χ1) is 18.5. The number of likely N-dealkylation sites (tertiary alicyclic amines) is 1. The zero-order valence-electron chi connectivity index (χ0n) is 23.0. The second-order valence-corrected chi connectivity index (χ2v) is 10.5. The van der Waals surface area contributed by atoms with E-state index in [0.717, 1.165) is 42.5 Å². The Hall–Kier alpha value is -3.27. The molecule has 1 saturated heterocycles. The molecule has 4 rings (SSSR count). The van der Waals surface area contributed by atoms with Crippen molar-refractivity contribution in [3.63, 3.8) is 0 Å². The average molecular weight is 547 g/mol. The summed E-state index contributed by atoms with van der Waals surface area (Å²) in [6.07, 6.45) is -2.95. The Morgan fingerprint density at radius 1 is 1.21 bits per heavy atom. The van der Waals surface area contributed by atoms with Gasteiger partial charge in [-0.25, -0.2) is 0 Å². The topological polar surface area (TPSA) is 79.4 Å². The van der Waals surface area contributed by atoms with Crippen molar-refractivity contribution < 1.29 is 22.7 Å². The number of aromatic nitrogens is 2. The molecule has 0 aliphatic carbocycles. The Morgan fingerprint density at radius 2 is 1.90 bits per heavy atom. The van der Waals surface area contributed by atoms with Crippen LogP contribution in [0.5, 0.6) is 5.75 Å². The molecule has 3 heterocycles. The number of halogens is 3. The van der Waals surface area contributed by atoms with Gasteiger partial charge >= 0.3 is 6.18 Å². The molecule has 1 unspecified atom stereocenters. The largest absolute Gasteiger partial charge is 0.496 e. The highest BCUT2D eigenvalue weighted by molar-refractivity contribution is 6.08. The first kappa shape index (κ1) is 28.7. The number of aryl methyl sites for hydroxylation is 1. The highest BCUT2D eigenvalue weighted by Crippen LogP contribution is 2.36. The van der Waals surface area contributed by atoms with E-state index in [9.17, 15) is 22.8 Å². The predicted octanol–water partition coefficient (Wildman–Crippen LogP) is 5.50. The van der Waals surface area contributed by atoms with Crippen LogP contribution in [0.2, 0.25) is 0 Å². The van der Waals surface area contributed by atoms with Gasteiger partial charge < -0.3 is 24.5 Å². The van der Waals surface area contributed by atoms with Crippen LogP contribution in [0.25, 0.3) is 10.9 Å². The zero-order valence-corrected chi connectivity index (χ0v) is 23.0. The van der Waals surface area contributed by atoms with Gasteiger partial charge in [0.15, 0.2) is 0 Å². The van der Waals surface area contributed by atoms with Gasteiger partial charge in [0.05, 0.1) is 24.8 Å². The molecule has 1 atom stereocenters. The fraction of sp³-hybridized carbons (Fsp3) is 0.517. The van der Waals surface area contributed by atoms with Crippen molar-refractivity contribution in [3.05, 3.63) is 63.2 Å². The molecule has 1 aliphatic rings. The lowest BCUT2D eigenvalue weighted by molar-refractivity contribution is -0.136. The standard InChI is InChI=1S/C29H37F3N4O3/c1-18-16-25(39-4)23(27(37)34-18)17-33-28(38)26-20(3)36(24-9-6-5-8-22(24)26)19(2)21-10-14-35(15-11-21)13-7-12-29(30,31)32/h5-6,8-9,16,19,21H,7,10-15,17H2,1-4H3,(H,33,38)(H,34,37). The quantitative estimate of drug-likeness (QED) is 0.372. The summed E-state index contributed by atoms with van der Waals surface area (Å²) >= 11 is 0. The third-order valence-corrected chi connectivity index (χ3v) is 7.91. The van der Waals surface area contributed by atoms with Crippen LogP contribution in [0.4, 0.5) is 13.2 Å². The van der Waals surface area contributed by atoms with Crippen molar-refractivity contribution in [1.29, 1.82) is 0 Å². The van der Waals surface area contributed by atoms with Crippen molar-refractivity contribution in [2.24, 2.45) is 5.92 Å². The fourth-order valence-corrected chi connectivity index (χ4v) is 5.87. The molecule has 0 saturated carbocycles. The number of hydrogen-bond acceptors (Lipinski definition) is 4. The Bertz CT molecular complexity index is 1370. The molecule has 1 amide bonds. The molecule has 212 valence electrons. The number of methoxy groups -OCH3 is 1. The van der Waals surface area contributed by atoms with E-state index in [1.165, 1.54) is 7.11 Å². The van der Waals surface area contributed by atoms with Crippen LogP contribution < -0.4 is 15.6 Å². The van der Waals surface area contributed by atoms with Gasteiger partial charge in [0, 0.05) is 34.8 Å². The summed E-state index contributed by atoms with van der Waals surface area (Å²) in [5, 5.41) is 3.75. The van der Waals surface area contributed by atoms with Gasteiger partial charge in [-0.05, 0) is 77.7 Å². The first-order valence-corrected chi connectivity index (χ1v) is 13.4. The van der Waals surface area contributed by atoms with Gasteiger partial charge in [-0.2, -0.15) is 13.2 Å². The van der Waals surface area contributed by atoms with Crippen LogP contribution in [0.3, 0.4) is 0 Å². The number of ether oxygens (including phenoxy) is 1. The fourth-order valence-electron chi connectivity index (χ4n) is 5.87. The van der Waals surface area contributed by atoms with Gasteiger partial charge in [0.2, 0.25) is 0 Å². The van der Waals surface area contributed by atoms with Gasteiger partial charge in [0.1, 0.15) is 5.75 Å². The number of H-pyrrole nitrogens is 1. The maximum Gasteiger partial charge on any atom is 0.389 e. The molecule has 0 bridgehead atoms. The molecule has 1 aromatic carbocycles. The van der Waals surface area contributed by atoms with Crippen LogP contribution in [0.1, 0.15) is 66.0 Å². The summed E-state index contributed by atoms with van der Waals surface area (Å²) in [6, 6.07) is 9.63. The molecule has 10 heteroatoms. The highest BCUT2D eigenvalue weighted by atomic mass is 19.4. The minimum atomic E-state index is -4.11. The summed E-state index contributed by atoms with van der Waals surface area (Å²) in [5.41, 5.74) is 3.11. The number of benzene rings is 1. The van der Waals surface area contributed by atoms with Crippen molar-refractivity contribution in [1.82, 2.24) is 19.8 Å². The van der Waals surface area contributed by atoms with Gasteiger partial charge in [0.25, 0.3) is 11.5 Å². The van der Waals surface area contributed by atoms with Crippen LogP contribution in [-0.2, 0) is 6.54 Å². The van der Waals surface area contributed by atoms with Gasteiger partial charge in [-0.1, -0.05) is 18.2 Å². The maximum atomic E-state index is 13.5. The third-order valence-electron chi connectivity index (χ3n) is 7.91. The minimum Gasteiger partial charge on any atom is -0.496 e. The predicted molar refractivity (Wildman–Crippen MR) is 145 cm³/mol. The van der Waals surface area contributed by atoms with Crippen molar-refractivity contribution in [3.8, 4) is 5.75 Å². The molecular formula is C29H37F3N4O3. The van der Waals surface area contributed by atoms with Crippen LogP contribution in [0, 0.1) is 19.8 Å². The lowest BCUT2D eigenvalue weighted by Crippen LogP contribution is -2.37. The number of amides is 1. The number of piperidine rings is 1. The van der Waals surface area contributed by atoms with Gasteiger partial charge in [-0.15, -0.1) is 0 Å². The SMILES string of the molecule is COc1cc(C)[nH]c(=O)c1CNC(=O)c1c(C)n(C(C)C2CCN(CCCC(F)(F)F)CC2)c2ccccc12. The normalized spacial score (nSPS) is 16.0. The lowest BCUT2D eigenvalue weighted by atomic mass is 9.89. The molecule has 2 N–H and O–H groups in total. The molecule has 0 radical (unpaired) electrons. The van der Waals surface area contributed by atoms with Crippen molar-refractivity contribution in [2.45, 2.75) is 65.2 Å². The van der Waals surface area contributed by atoms with E-state index in [1.807, 2.05) is 31.2 Å². The average Bonchev–Trinajstić information content (AvgIpc) is 3.18. The molecule has 0 spiro atoms. The number of fused-ring (bicyclic) bond motifs is 1. The van der Waals surface area contributed by atoms with Crippen molar-refractivity contribution in [2.75, 3.05) is 26.7 Å². The number of hydrogen-bond donors (Lipinski definition) is 2. The summed E-state index contributed by atoms with van der Waals surface area (Å²) in [6.45, 7) is 7.89.